The molecular formula is C20H20ClN3O2. The monoisotopic (exact) mass is 369 g/mol. The molecule has 134 valence electrons. The Labute approximate surface area is 157 Å². The van der Waals surface area contributed by atoms with Gasteiger partial charge in [-0.1, -0.05) is 23.7 Å². The third-order valence-electron chi connectivity index (χ3n) is 4.86. The summed E-state index contributed by atoms with van der Waals surface area (Å²) in [6.45, 7) is 0.816. The van der Waals surface area contributed by atoms with Crippen LogP contribution in [0.1, 0.15) is 39.5 Å². The maximum absolute atomic E-state index is 13.2. The van der Waals surface area contributed by atoms with Gasteiger partial charge in [0.05, 0.1) is 35.6 Å². The Kier molecular flexibility index (Phi) is 4.55. The van der Waals surface area contributed by atoms with E-state index in [1.54, 1.807) is 23.3 Å². The van der Waals surface area contributed by atoms with Crippen LogP contribution in [0.15, 0.2) is 47.1 Å². The standard InChI is InChI=1S/C20H20ClN3O2/c1-23-19-10-4-8-16(19)18(22-23)13-24(12-14-6-5-11-26-14)20(25)15-7-2-3-9-17(15)21/h2-3,5-7,9,11H,4,8,10,12-13H2,1H3. The highest BCUT2D eigenvalue weighted by atomic mass is 35.5. The van der Waals surface area contributed by atoms with Crippen LogP contribution >= 0.6 is 11.6 Å². The number of amides is 1. The van der Waals surface area contributed by atoms with Crippen LogP contribution in [0, 0.1) is 0 Å². The number of nitrogens with zero attached hydrogens (tertiary/aromatic N) is 3. The van der Waals surface area contributed by atoms with Gasteiger partial charge in [0.15, 0.2) is 0 Å². The van der Waals surface area contributed by atoms with E-state index in [1.807, 2.05) is 36.0 Å². The molecule has 0 spiro atoms. The summed E-state index contributed by atoms with van der Waals surface area (Å²) >= 11 is 6.26. The Hall–Kier alpha value is -2.53. The quantitative estimate of drug-likeness (QED) is 0.683. The summed E-state index contributed by atoms with van der Waals surface area (Å²) in [5.41, 5.74) is 4.02. The summed E-state index contributed by atoms with van der Waals surface area (Å²) in [4.78, 5) is 14.9. The molecule has 0 aliphatic heterocycles. The summed E-state index contributed by atoms with van der Waals surface area (Å²) in [5, 5.41) is 5.11. The first kappa shape index (κ1) is 16.9. The van der Waals surface area contributed by atoms with Crippen molar-refractivity contribution >= 4 is 17.5 Å². The average Bonchev–Trinajstić information content (AvgIpc) is 3.35. The topological polar surface area (TPSA) is 51.3 Å². The average molecular weight is 370 g/mol. The molecule has 26 heavy (non-hydrogen) atoms. The molecule has 0 atom stereocenters. The number of fused-ring (bicyclic) bond motifs is 1. The first-order valence-electron chi connectivity index (χ1n) is 8.73. The van der Waals surface area contributed by atoms with Gasteiger partial charge in [-0.25, -0.2) is 0 Å². The normalized spacial score (nSPS) is 13.0. The number of hydrogen-bond acceptors (Lipinski definition) is 3. The summed E-state index contributed by atoms with van der Waals surface area (Å²) in [5.74, 6) is 0.613. The number of carbonyl (C=O) groups is 1. The third-order valence-corrected chi connectivity index (χ3v) is 5.19. The lowest BCUT2D eigenvalue weighted by molar-refractivity contribution is 0.0715. The molecule has 1 aromatic carbocycles. The van der Waals surface area contributed by atoms with Gasteiger partial charge in [-0.2, -0.15) is 5.10 Å². The molecule has 4 rings (SSSR count). The largest absolute Gasteiger partial charge is 0.467 e. The van der Waals surface area contributed by atoms with Crippen LogP contribution in [0.4, 0.5) is 0 Å². The maximum Gasteiger partial charge on any atom is 0.256 e. The van der Waals surface area contributed by atoms with E-state index in [1.165, 1.54) is 11.3 Å². The summed E-state index contributed by atoms with van der Waals surface area (Å²) in [6.07, 6.45) is 4.83. The van der Waals surface area contributed by atoms with E-state index in [4.69, 9.17) is 16.0 Å². The fourth-order valence-corrected chi connectivity index (χ4v) is 3.82. The molecule has 1 amide bonds. The number of carbonyl (C=O) groups excluding carboxylic acids is 1. The van der Waals surface area contributed by atoms with Gasteiger partial charge in [0.1, 0.15) is 5.76 Å². The first-order valence-corrected chi connectivity index (χ1v) is 9.11. The van der Waals surface area contributed by atoms with Gasteiger partial charge in [0, 0.05) is 12.7 Å². The molecule has 5 nitrogen and oxygen atoms in total. The molecule has 0 radical (unpaired) electrons. The molecule has 0 saturated heterocycles. The maximum atomic E-state index is 13.2. The van der Waals surface area contributed by atoms with E-state index in [-0.39, 0.29) is 5.91 Å². The fourth-order valence-electron chi connectivity index (χ4n) is 3.60. The highest BCUT2D eigenvalue weighted by Gasteiger charge is 2.26. The molecule has 0 bridgehead atoms. The van der Waals surface area contributed by atoms with Crippen molar-refractivity contribution in [1.29, 1.82) is 0 Å². The summed E-state index contributed by atoms with van der Waals surface area (Å²) in [7, 11) is 1.97. The highest BCUT2D eigenvalue weighted by Crippen LogP contribution is 2.27. The minimum Gasteiger partial charge on any atom is -0.467 e. The lowest BCUT2D eigenvalue weighted by Gasteiger charge is -2.22. The van der Waals surface area contributed by atoms with E-state index in [0.717, 1.165) is 30.7 Å². The zero-order valence-corrected chi connectivity index (χ0v) is 15.4. The summed E-state index contributed by atoms with van der Waals surface area (Å²) in [6, 6.07) is 10.8. The minimum atomic E-state index is -0.121. The Morgan fingerprint density at radius 3 is 2.85 bits per heavy atom. The van der Waals surface area contributed by atoms with Crippen LogP contribution in [0.25, 0.3) is 0 Å². The van der Waals surface area contributed by atoms with Gasteiger partial charge < -0.3 is 9.32 Å². The number of aryl methyl sites for hydroxylation is 1. The zero-order valence-electron chi connectivity index (χ0n) is 14.6. The Morgan fingerprint density at radius 2 is 2.08 bits per heavy atom. The van der Waals surface area contributed by atoms with Crippen molar-refractivity contribution in [3.05, 3.63) is 76.0 Å². The van der Waals surface area contributed by atoms with Gasteiger partial charge in [-0.05, 0) is 49.1 Å². The van der Waals surface area contributed by atoms with Gasteiger partial charge in [-0.3, -0.25) is 9.48 Å². The fraction of sp³-hybridized carbons (Fsp3) is 0.300. The van der Waals surface area contributed by atoms with Crippen LogP contribution in [0.3, 0.4) is 0 Å². The van der Waals surface area contributed by atoms with E-state index >= 15 is 0 Å². The molecule has 2 aromatic heterocycles. The number of rotatable bonds is 5. The van der Waals surface area contributed by atoms with Crippen LogP contribution in [0.5, 0.6) is 0 Å². The van der Waals surface area contributed by atoms with Crippen molar-refractivity contribution < 1.29 is 9.21 Å². The second kappa shape index (κ2) is 7.00. The second-order valence-electron chi connectivity index (χ2n) is 6.57. The van der Waals surface area contributed by atoms with Crippen molar-refractivity contribution in [1.82, 2.24) is 14.7 Å². The van der Waals surface area contributed by atoms with Crippen molar-refractivity contribution in [3.63, 3.8) is 0 Å². The van der Waals surface area contributed by atoms with Crippen molar-refractivity contribution in [2.24, 2.45) is 7.05 Å². The van der Waals surface area contributed by atoms with Gasteiger partial charge >= 0.3 is 0 Å². The Bertz CT molecular complexity index is 931. The molecule has 0 N–H and O–H groups in total. The Balaban J connectivity index is 1.66. The zero-order chi connectivity index (χ0) is 18.1. The van der Waals surface area contributed by atoms with Crippen LogP contribution in [-0.2, 0) is 33.0 Å². The molecule has 1 aliphatic carbocycles. The smallest absolute Gasteiger partial charge is 0.256 e. The number of hydrogen-bond donors (Lipinski definition) is 0. The van der Waals surface area contributed by atoms with Crippen molar-refractivity contribution in [2.75, 3.05) is 0 Å². The van der Waals surface area contributed by atoms with E-state index in [0.29, 0.717) is 23.7 Å². The molecule has 0 unspecified atom stereocenters. The van der Waals surface area contributed by atoms with E-state index in [2.05, 4.69) is 5.10 Å². The third kappa shape index (κ3) is 3.15. The van der Waals surface area contributed by atoms with E-state index in [9.17, 15) is 4.79 Å². The van der Waals surface area contributed by atoms with Gasteiger partial charge in [-0.15, -0.1) is 0 Å². The SMILES string of the molecule is Cn1nc(CN(Cc2ccco2)C(=O)c2ccccc2Cl)c2c1CCC2. The molecule has 0 fully saturated rings. The number of furan rings is 1. The van der Waals surface area contributed by atoms with Crippen molar-refractivity contribution in [3.8, 4) is 0 Å². The molecule has 6 heteroatoms. The Morgan fingerprint density at radius 1 is 1.23 bits per heavy atom. The highest BCUT2D eigenvalue weighted by molar-refractivity contribution is 6.33. The van der Waals surface area contributed by atoms with Crippen LogP contribution in [-0.4, -0.2) is 20.6 Å². The molecular weight excluding hydrogens is 350 g/mol. The molecule has 1 aliphatic rings. The van der Waals surface area contributed by atoms with E-state index < -0.39 is 0 Å². The molecule has 3 aromatic rings. The lowest BCUT2D eigenvalue weighted by atomic mass is 10.1. The van der Waals surface area contributed by atoms with Crippen molar-refractivity contribution in [2.45, 2.75) is 32.4 Å². The van der Waals surface area contributed by atoms with Gasteiger partial charge in [0.25, 0.3) is 5.91 Å². The minimum absolute atomic E-state index is 0.121. The van der Waals surface area contributed by atoms with Gasteiger partial charge in [0.2, 0.25) is 0 Å². The number of aromatic nitrogens is 2. The lowest BCUT2D eigenvalue weighted by Crippen LogP contribution is -2.30. The molecule has 2 heterocycles. The first-order chi connectivity index (χ1) is 12.6. The predicted molar refractivity (Wildman–Crippen MR) is 99.0 cm³/mol. The predicted octanol–water partition coefficient (Wildman–Crippen LogP) is 4.00. The number of benzene rings is 1. The van der Waals surface area contributed by atoms with Crippen LogP contribution < -0.4 is 0 Å². The second-order valence-corrected chi connectivity index (χ2v) is 6.98. The van der Waals surface area contributed by atoms with Crippen LogP contribution in [0.2, 0.25) is 5.02 Å². The summed E-state index contributed by atoms with van der Waals surface area (Å²) < 4.78 is 7.41. The molecule has 0 saturated carbocycles. The number of halogens is 1.